The number of rotatable bonds is 10. The summed E-state index contributed by atoms with van der Waals surface area (Å²) in [5.41, 5.74) is 5.81. The van der Waals surface area contributed by atoms with Gasteiger partial charge in [-0.05, 0) is 67.6 Å². The van der Waals surface area contributed by atoms with E-state index in [1.165, 1.54) is 0 Å². The monoisotopic (exact) mass is 615 g/mol. The summed E-state index contributed by atoms with van der Waals surface area (Å²) in [6, 6.07) is 23.2. The number of nitrogens with zero attached hydrogens (tertiary/aromatic N) is 5. The summed E-state index contributed by atoms with van der Waals surface area (Å²) in [6.07, 6.45) is 4.84. The number of H-pyrrole nitrogens is 1. The van der Waals surface area contributed by atoms with E-state index in [2.05, 4.69) is 27.3 Å². The number of aromatic nitrogens is 6. The van der Waals surface area contributed by atoms with Crippen LogP contribution in [0.3, 0.4) is 0 Å². The first-order valence-electron chi connectivity index (χ1n) is 14.4. The molecule has 0 aliphatic carbocycles. The molecule has 1 radical (unpaired) electrons. The molecular weight excluding hydrogens is 583 g/mol. The first-order valence-corrected chi connectivity index (χ1v) is 14.4. The van der Waals surface area contributed by atoms with E-state index in [0.717, 1.165) is 53.0 Å². The molecule has 10 nitrogen and oxygen atoms in total. The van der Waals surface area contributed by atoms with Crippen LogP contribution in [-0.4, -0.2) is 86.8 Å². The number of hydrogen-bond acceptors (Lipinski definition) is 7. The summed E-state index contributed by atoms with van der Waals surface area (Å²) < 4.78 is 14.1. The van der Waals surface area contributed by atoms with Gasteiger partial charge in [0.2, 0.25) is 5.78 Å². The van der Waals surface area contributed by atoms with Crippen molar-refractivity contribution in [3.05, 3.63) is 117 Å². The van der Waals surface area contributed by atoms with Crippen molar-refractivity contribution in [2.24, 2.45) is 0 Å². The van der Waals surface area contributed by atoms with Gasteiger partial charge in [0.25, 0.3) is 5.56 Å². The number of benzene rings is 3. The number of hydrogen-bond donors (Lipinski definition) is 1. The molecule has 0 spiro atoms. The van der Waals surface area contributed by atoms with Crippen LogP contribution in [0.4, 0.5) is 0 Å². The van der Waals surface area contributed by atoms with E-state index >= 15 is 0 Å². The van der Waals surface area contributed by atoms with Crippen molar-refractivity contribution < 1.29 is 9.26 Å². The van der Waals surface area contributed by atoms with Crippen molar-refractivity contribution in [3.8, 4) is 34.0 Å². The summed E-state index contributed by atoms with van der Waals surface area (Å²) in [6.45, 7) is 6.09. The number of nitrogens with one attached hydrogen (secondary N) is 1. The zero-order chi connectivity index (χ0) is 29.9. The summed E-state index contributed by atoms with van der Waals surface area (Å²) in [5, 5.41) is 12.4. The number of fused-ring (bicyclic) bond motifs is 1. The zero-order valence-electron chi connectivity index (χ0n) is 25.3. The van der Waals surface area contributed by atoms with Crippen LogP contribution in [0.25, 0.3) is 34.0 Å². The van der Waals surface area contributed by atoms with Crippen molar-refractivity contribution in [1.82, 2.24) is 29.3 Å². The maximum atomic E-state index is 14.2. The van der Waals surface area contributed by atoms with E-state index in [1.807, 2.05) is 91.0 Å². The Morgan fingerprint density at radius 2 is 1.68 bits per heavy atom. The van der Waals surface area contributed by atoms with E-state index < -0.39 is 5.76 Å². The normalized spacial score (nSPS) is 11.2. The molecule has 0 amide bonds. The summed E-state index contributed by atoms with van der Waals surface area (Å²) in [5.74, 6) is 0.988. The first kappa shape index (κ1) is 31.8. The van der Waals surface area contributed by atoms with Gasteiger partial charge in [0.1, 0.15) is 12.1 Å². The molecule has 0 saturated carbocycles. The largest absolute Gasteiger partial charge is 0.491 e. The molecule has 0 atom stereocenters. The summed E-state index contributed by atoms with van der Waals surface area (Å²) in [7, 11) is 0. The minimum Gasteiger partial charge on any atom is -0.491 e. The second-order valence-corrected chi connectivity index (χ2v) is 10.7. The number of aromatic amines is 1. The maximum Gasteiger partial charge on any atom is 0.439 e. The third kappa shape index (κ3) is 6.57. The molecule has 3 aromatic carbocycles. The fourth-order valence-electron chi connectivity index (χ4n) is 5.33. The van der Waals surface area contributed by atoms with Crippen LogP contribution in [0.15, 0.2) is 93.2 Å². The molecule has 6 aromatic rings. The summed E-state index contributed by atoms with van der Waals surface area (Å²) >= 11 is 0. The molecule has 0 unspecified atom stereocenters. The zero-order valence-corrected chi connectivity index (χ0v) is 28.4. The van der Waals surface area contributed by atoms with Gasteiger partial charge in [-0.15, -0.1) is 10.2 Å². The third-order valence-electron chi connectivity index (χ3n) is 7.33. The SMILES string of the molecule is CCCCc1c(Cc2ccc(-c3ccccc3-c3noc(=O)[nH]3)cc2)c(=O)n(-c2ccc(OC(C)C)cc2)c2nncn12.[K]. The van der Waals surface area contributed by atoms with Crippen molar-refractivity contribution in [2.75, 3.05) is 0 Å². The number of aryl methyl sites for hydroxylation is 1. The smallest absolute Gasteiger partial charge is 0.439 e. The molecule has 11 heteroatoms. The molecule has 0 aliphatic heterocycles. The van der Waals surface area contributed by atoms with Crippen molar-refractivity contribution in [1.29, 1.82) is 0 Å². The van der Waals surface area contributed by atoms with Gasteiger partial charge in [-0.3, -0.25) is 18.7 Å². The molecule has 0 aliphatic rings. The Labute approximate surface area is 296 Å². The van der Waals surface area contributed by atoms with E-state index in [0.29, 0.717) is 29.3 Å². The Balaban J connectivity index is 0.00000384. The quantitative estimate of drug-likeness (QED) is 0.210. The molecule has 44 heavy (non-hydrogen) atoms. The van der Waals surface area contributed by atoms with Gasteiger partial charge in [-0.25, -0.2) is 9.36 Å². The Morgan fingerprint density at radius 3 is 2.34 bits per heavy atom. The van der Waals surface area contributed by atoms with Gasteiger partial charge in [-0.1, -0.05) is 67.0 Å². The van der Waals surface area contributed by atoms with E-state index in [9.17, 15) is 9.59 Å². The second-order valence-electron chi connectivity index (χ2n) is 10.7. The summed E-state index contributed by atoms with van der Waals surface area (Å²) in [4.78, 5) is 28.4. The Morgan fingerprint density at radius 1 is 0.955 bits per heavy atom. The van der Waals surface area contributed by atoms with Gasteiger partial charge in [0.05, 0.1) is 11.8 Å². The molecule has 3 heterocycles. The molecule has 6 rings (SSSR count). The first-order chi connectivity index (χ1) is 20.9. The molecule has 0 fully saturated rings. The van der Waals surface area contributed by atoms with Crippen LogP contribution in [0.2, 0.25) is 0 Å². The number of ether oxygens (including phenoxy) is 1. The molecule has 219 valence electrons. The topological polar surface area (TPSA) is 120 Å². The fourth-order valence-corrected chi connectivity index (χ4v) is 5.33. The van der Waals surface area contributed by atoms with Gasteiger partial charge >= 0.3 is 5.76 Å². The molecule has 1 N–H and O–H groups in total. The van der Waals surface area contributed by atoms with Crippen LogP contribution in [0.5, 0.6) is 5.75 Å². The minimum absolute atomic E-state index is 0. The van der Waals surface area contributed by atoms with Gasteiger partial charge in [0, 0.05) is 74.6 Å². The van der Waals surface area contributed by atoms with E-state index in [1.54, 1.807) is 10.9 Å². The molecular formula is C33H32KN6O4. The van der Waals surface area contributed by atoms with E-state index in [4.69, 9.17) is 9.26 Å². The molecule has 0 bridgehead atoms. The van der Waals surface area contributed by atoms with Crippen LogP contribution in [-0.2, 0) is 12.8 Å². The van der Waals surface area contributed by atoms with E-state index in [-0.39, 0.29) is 63.0 Å². The minimum atomic E-state index is -0.602. The maximum absolute atomic E-state index is 14.2. The number of unbranched alkanes of at least 4 members (excludes halogenated alkanes) is 1. The standard InChI is InChI=1S/C33H32N6O4.K/c1-4-5-10-29-28(31(40)39(32-36-34-20-38(29)32)24-15-17-25(18-16-24)42-21(2)3)19-22-11-13-23(14-12-22)26-8-6-7-9-27(26)30-35-33(41)43-37-30;/h6-9,11-18,20-21H,4-5,10,19H2,1-3H3,(H,35,37,41);. The van der Waals surface area contributed by atoms with Crippen LogP contribution in [0.1, 0.15) is 50.4 Å². The van der Waals surface area contributed by atoms with Gasteiger partial charge < -0.3 is 4.74 Å². The van der Waals surface area contributed by atoms with Crippen molar-refractivity contribution in [2.45, 2.75) is 52.6 Å². The Bertz CT molecular complexity index is 1990. The van der Waals surface area contributed by atoms with Crippen LogP contribution < -0.4 is 16.1 Å². The Hall–Kier alpha value is -3.61. The Kier molecular flexibility index (Phi) is 10.1. The molecule has 3 aromatic heterocycles. The van der Waals surface area contributed by atoms with Gasteiger partial charge in [-0.2, -0.15) is 0 Å². The van der Waals surface area contributed by atoms with Crippen LogP contribution in [0, 0.1) is 0 Å². The predicted molar refractivity (Wildman–Crippen MR) is 170 cm³/mol. The second kappa shape index (κ2) is 14.0. The predicted octanol–water partition coefficient (Wildman–Crippen LogP) is 5.23. The third-order valence-corrected chi connectivity index (χ3v) is 7.33. The fraction of sp³-hybridized carbons (Fsp3) is 0.242. The van der Waals surface area contributed by atoms with Crippen molar-refractivity contribution in [3.63, 3.8) is 0 Å². The van der Waals surface area contributed by atoms with Gasteiger partial charge in [0.15, 0.2) is 5.82 Å². The van der Waals surface area contributed by atoms with Crippen LogP contribution >= 0.6 is 0 Å². The average Bonchev–Trinajstić information content (AvgIpc) is 3.67. The average molecular weight is 616 g/mol. The van der Waals surface area contributed by atoms with Crippen molar-refractivity contribution >= 4 is 57.2 Å². The molecule has 0 saturated heterocycles.